The van der Waals surface area contributed by atoms with Crippen molar-refractivity contribution in [3.63, 3.8) is 0 Å². The third-order valence-corrected chi connectivity index (χ3v) is 5.51. The molecule has 2 heterocycles. The number of halogens is 2. The van der Waals surface area contributed by atoms with Gasteiger partial charge in [-0.3, -0.25) is 9.59 Å². The fraction of sp³-hybridized carbons (Fsp3) is 0.474. The largest absolute Gasteiger partial charge is 0.378 e. The van der Waals surface area contributed by atoms with Crippen molar-refractivity contribution in [2.24, 2.45) is 5.92 Å². The minimum atomic E-state index is -0.121. The molecule has 0 aliphatic carbocycles. The maximum absolute atomic E-state index is 12.7. The van der Waals surface area contributed by atoms with Crippen LogP contribution < -0.4 is 0 Å². The van der Waals surface area contributed by atoms with E-state index in [2.05, 4.69) is 0 Å². The van der Waals surface area contributed by atoms with E-state index < -0.39 is 0 Å². The lowest BCUT2D eigenvalue weighted by Gasteiger charge is -2.35. The van der Waals surface area contributed by atoms with Crippen molar-refractivity contribution in [3.05, 3.63) is 39.9 Å². The van der Waals surface area contributed by atoms with Crippen LogP contribution in [0.2, 0.25) is 10.0 Å². The van der Waals surface area contributed by atoms with Gasteiger partial charge in [0.05, 0.1) is 29.2 Å². The van der Waals surface area contributed by atoms with Crippen molar-refractivity contribution in [1.82, 2.24) is 9.80 Å². The molecule has 0 radical (unpaired) electrons. The quantitative estimate of drug-likeness (QED) is 0.737. The number of rotatable bonds is 3. The van der Waals surface area contributed by atoms with Crippen molar-refractivity contribution in [1.29, 1.82) is 0 Å². The van der Waals surface area contributed by atoms with Crippen molar-refractivity contribution >= 4 is 41.1 Å². The predicted molar refractivity (Wildman–Crippen MR) is 102 cm³/mol. The lowest BCUT2D eigenvalue weighted by Crippen LogP contribution is -2.49. The minimum absolute atomic E-state index is 0.0875. The van der Waals surface area contributed by atoms with Crippen LogP contribution in [0.5, 0.6) is 0 Å². The van der Waals surface area contributed by atoms with Crippen LogP contribution in [0.1, 0.15) is 18.4 Å². The Hall–Kier alpha value is -1.56. The average molecular weight is 397 g/mol. The Morgan fingerprint density at radius 2 is 1.85 bits per heavy atom. The zero-order chi connectivity index (χ0) is 18.5. The third-order valence-electron chi connectivity index (χ3n) is 4.77. The maximum Gasteiger partial charge on any atom is 0.246 e. The highest BCUT2D eigenvalue weighted by molar-refractivity contribution is 6.42. The number of piperidine rings is 1. The van der Waals surface area contributed by atoms with Crippen LogP contribution in [-0.2, 0) is 14.3 Å². The Morgan fingerprint density at radius 3 is 2.58 bits per heavy atom. The fourth-order valence-electron chi connectivity index (χ4n) is 3.31. The van der Waals surface area contributed by atoms with E-state index >= 15 is 0 Å². The van der Waals surface area contributed by atoms with Gasteiger partial charge in [-0.1, -0.05) is 29.3 Å². The summed E-state index contributed by atoms with van der Waals surface area (Å²) in [5, 5.41) is 0.936. The first-order valence-corrected chi connectivity index (χ1v) is 9.59. The van der Waals surface area contributed by atoms with Crippen LogP contribution in [0, 0.1) is 5.92 Å². The van der Waals surface area contributed by atoms with Gasteiger partial charge in [0.15, 0.2) is 0 Å². The van der Waals surface area contributed by atoms with Crippen LogP contribution in [0.15, 0.2) is 24.3 Å². The smallest absolute Gasteiger partial charge is 0.246 e. The van der Waals surface area contributed by atoms with Crippen molar-refractivity contribution < 1.29 is 14.3 Å². The molecule has 7 heteroatoms. The molecular weight excluding hydrogens is 375 g/mol. The van der Waals surface area contributed by atoms with E-state index in [0.29, 0.717) is 49.4 Å². The van der Waals surface area contributed by atoms with Crippen LogP contribution in [-0.4, -0.2) is 61.0 Å². The monoisotopic (exact) mass is 396 g/mol. The van der Waals surface area contributed by atoms with Crippen molar-refractivity contribution in [2.75, 3.05) is 39.4 Å². The standard InChI is InChI=1S/C19H22Cl2N2O3/c20-16-5-3-14(12-17(16)21)4-6-18(24)23-7-1-2-15(13-23)19(25)22-8-10-26-11-9-22/h3-6,12,15H,1-2,7-11,13H2/b6-4+. The molecule has 140 valence electrons. The number of benzene rings is 1. The molecule has 1 aromatic carbocycles. The Kier molecular flexibility index (Phi) is 6.57. The Morgan fingerprint density at radius 1 is 1.08 bits per heavy atom. The van der Waals surface area contributed by atoms with E-state index in [9.17, 15) is 9.59 Å². The number of ether oxygens (including phenoxy) is 1. The molecule has 0 spiro atoms. The summed E-state index contributed by atoms with van der Waals surface area (Å²) in [6, 6.07) is 5.22. The molecule has 0 aromatic heterocycles. The van der Waals surface area contributed by atoms with Gasteiger partial charge in [0.2, 0.25) is 11.8 Å². The zero-order valence-corrected chi connectivity index (χ0v) is 16.0. The van der Waals surface area contributed by atoms with Crippen LogP contribution in [0.25, 0.3) is 6.08 Å². The summed E-state index contributed by atoms with van der Waals surface area (Å²) in [4.78, 5) is 28.8. The molecule has 5 nitrogen and oxygen atoms in total. The van der Waals surface area contributed by atoms with Gasteiger partial charge in [-0.25, -0.2) is 0 Å². The topological polar surface area (TPSA) is 49.9 Å². The lowest BCUT2D eigenvalue weighted by atomic mass is 9.96. The molecule has 2 aliphatic rings. The maximum atomic E-state index is 12.7. The highest BCUT2D eigenvalue weighted by Gasteiger charge is 2.31. The molecule has 1 atom stereocenters. The highest BCUT2D eigenvalue weighted by Crippen LogP contribution is 2.24. The summed E-state index contributed by atoms with van der Waals surface area (Å²) in [5.41, 5.74) is 0.811. The van der Waals surface area contributed by atoms with E-state index in [1.165, 1.54) is 6.08 Å². The van der Waals surface area contributed by atoms with E-state index in [1.807, 2.05) is 4.90 Å². The number of carbonyl (C=O) groups excluding carboxylic acids is 2. The van der Waals surface area contributed by atoms with Gasteiger partial charge in [-0.05, 0) is 36.6 Å². The molecular formula is C19H22Cl2N2O3. The second-order valence-corrected chi connectivity index (χ2v) is 7.38. The molecule has 0 saturated carbocycles. The molecule has 2 saturated heterocycles. The number of morpholine rings is 1. The molecule has 1 unspecified atom stereocenters. The Labute approximate surface area is 163 Å². The van der Waals surface area contributed by atoms with Gasteiger partial charge in [0, 0.05) is 32.3 Å². The minimum Gasteiger partial charge on any atom is -0.378 e. The SMILES string of the molecule is O=C(/C=C/c1ccc(Cl)c(Cl)c1)N1CCCC(C(=O)N2CCOCC2)C1. The first kappa shape index (κ1) is 19.2. The summed E-state index contributed by atoms with van der Waals surface area (Å²) in [6.45, 7) is 3.61. The third kappa shape index (κ3) is 4.78. The normalized spacial score (nSPS) is 21.2. The van der Waals surface area contributed by atoms with Gasteiger partial charge < -0.3 is 14.5 Å². The number of carbonyl (C=O) groups is 2. The summed E-state index contributed by atoms with van der Waals surface area (Å²) >= 11 is 11.9. The molecule has 2 amide bonds. The van der Waals surface area contributed by atoms with E-state index in [0.717, 1.165) is 18.4 Å². The molecule has 3 rings (SSSR count). The van der Waals surface area contributed by atoms with Crippen LogP contribution in [0.3, 0.4) is 0 Å². The van der Waals surface area contributed by atoms with Gasteiger partial charge in [0.25, 0.3) is 0 Å². The first-order valence-electron chi connectivity index (χ1n) is 8.83. The Bertz CT molecular complexity index is 702. The van der Waals surface area contributed by atoms with Gasteiger partial charge in [0.1, 0.15) is 0 Å². The predicted octanol–water partition coefficient (Wildman–Crippen LogP) is 3.10. The van der Waals surface area contributed by atoms with Gasteiger partial charge >= 0.3 is 0 Å². The average Bonchev–Trinajstić information content (AvgIpc) is 2.69. The number of hydrogen-bond donors (Lipinski definition) is 0. The number of hydrogen-bond acceptors (Lipinski definition) is 3. The molecule has 26 heavy (non-hydrogen) atoms. The lowest BCUT2D eigenvalue weighted by molar-refractivity contribution is -0.143. The molecule has 2 fully saturated rings. The molecule has 0 bridgehead atoms. The van der Waals surface area contributed by atoms with E-state index in [4.69, 9.17) is 27.9 Å². The highest BCUT2D eigenvalue weighted by atomic mass is 35.5. The second kappa shape index (κ2) is 8.89. The molecule has 2 aliphatic heterocycles. The van der Waals surface area contributed by atoms with Gasteiger partial charge in [-0.2, -0.15) is 0 Å². The fourth-order valence-corrected chi connectivity index (χ4v) is 3.62. The summed E-state index contributed by atoms with van der Waals surface area (Å²) in [6.07, 6.45) is 4.92. The second-order valence-electron chi connectivity index (χ2n) is 6.57. The van der Waals surface area contributed by atoms with Crippen LogP contribution in [0.4, 0.5) is 0 Å². The Balaban J connectivity index is 1.59. The molecule has 0 N–H and O–H groups in total. The van der Waals surface area contributed by atoms with E-state index in [-0.39, 0.29) is 17.7 Å². The number of likely N-dealkylation sites (tertiary alicyclic amines) is 1. The zero-order valence-electron chi connectivity index (χ0n) is 14.5. The number of amides is 2. The van der Waals surface area contributed by atoms with Crippen molar-refractivity contribution in [2.45, 2.75) is 12.8 Å². The van der Waals surface area contributed by atoms with Crippen LogP contribution >= 0.6 is 23.2 Å². The number of nitrogens with zero attached hydrogens (tertiary/aromatic N) is 2. The van der Waals surface area contributed by atoms with E-state index in [1.54, 1.807) is 29.2 Å². The summed E-state index contributed by atoms with van der Waals surface area (Å²) < 4.78 is 5.30. The molecule has 1 aromatic rings. The summed E-state index contributed by atoms with van der Waals surface area (Å²) in [7, 11) is 0. The first-order chi connectivity index (χ1) is 12.5. The van der Waals surface area contributed by atoms with Crippen molar-refractivity contribution in [3.8, 4) is 0 Å². The van der Waals surface area contributed by atoms with Gasteiger partial charge in [-0.15, -0.1) is 0 Å². The summed E-state index contributed by atoms with van der Waals surface area (Å²) in [5.74, 6) is -0.0704.